The van der Waals surface area contributed by atoms with Crippen LogP contribution in [0.4, 0.5) is 5.69 Å². The smallest absolute Gasteiger partial charge is 0.266 e. The van der Waals surface area contributed by atoms with Crippen molar-refractivity contribution in [1.29, 1.82) is 10.5 Å². The SMILES string of the molecule is Cc1cc(/C=C(\C#N)C(=O)Nc2cccc(C#N)c2)c(C)n1CC1CCCO1. The molecule has 0 saturated carbocycles. The Bertz CT molecular complexity index is 999. The summed E-state index contributed by atoms with van der Waals surface area (Å²) < 4.78 is 7.90. The second-order valence-electron chi connectivity index (χ2n) is 6.89. The summed E-state index contributed by atoms with van der Waals surface area (Å²) in [4.78, 5) is 12.5. The molecule has 3 rings (SSSR count). The molecule has 0 radical (unpaired) electrons. The topological polar surface area (TPSA) is 90.8 Å². The fourth-order valence-electron chi connectivity index (χ4n) is 3.42. The maximum absolute atomic E-state index is 12.5. The summed E-state index contributed by atoms with van der Waals surface area (Å²) >= 11 is 0. The number of carbonyl (C=O) groups excluding carboxylic acids is 1. The summed E-state index contributed by atoms with van der Waals surface area (Å²) in [5, 5.41) is 21.1. The molecule has 1 saturated heterocycles. The van der Waals surface area contributed by atoms with E-state index >= 15 is 0 Å². The molecule has 1 aromatic carbocycles. The Morgan fingerprint density at radius 1 is 1.36 bits per heavy atom. The molecule has 6 nitrogen and oxygen atoms in total. The molecule has 1 amide bonds. The monoisotopic (exact) mass is 374 g/mol. The van der Waals surface area contributed by atoms with Crippen molar-refractivity contribution in [2.45, 2.75) is 39.3 Å². The number of ether oxygens (including phenoxy) is 1. The highest BCUT2D eigenvalue weighted by atomic mass is 16.5. The van der Waals surface area contributed by atoms with Gasteiger partial charge in [-0.3, -0.25) is 4.79 Å². The second-order valence-corrected chi connectivity index (χ2v) is 6.89. The molecule has 0 spiro atoms. The van der Waals surface area contributed by atoms with E-state index in [1.807, 2.05) is 32.1 Å². The van der Waals surface area contributed by atoms with E-state index in [-0.39, 0.29) is 11.7 Å². The number of aromatic nitrogens is 1. The zero-order valence-corrected chi connectivity index (χ0v) is 16.0. The van der Waals surface area contributed by atoms with Crippen molar-refractivity contribution in [1.82, 2.24) is 4.57 Å². The first kappa shape index (κ1) is 19.4. The lowest BCUT2D eigenvalue weighted by Gasteiger charge is -2.14. The Kier molecular flexibility index (Phi) is 5.93. The Morgan fingerprint density at radius 3 is 2.86 bits per heavy atom. The number of aryl methyl sites for hydroxylation is 1. The molecular weight excluding hydrogens is 352 g/mol. The van der Waals surface area contributed by atoms with Crippen LogP contribution < -0.4 is 5.32 Å². The molecule has 1 aliphatic heterocycles. The van der Waals surface area contributed by atoms with Gasteiger partial charge in [-0.25, -0.2) is 0 Å². The molecule has 1 unspecified atom stereocenters. The molecule has 1 atom stereocenters. The first-order valence-corrected chi connectivity index (χ1v) is 9.23. The summed E-state index contributed by atoms with van der Waals surface area (Å²) in [6, 6.07) is 12.6. The number of benzene rings is 1. The molecule has 0 bridgehead atoms. The first-order valence-electron chi connectivity index (χ1n) is 9.23. The number of amides is 1. The van der Waals surface area contributed by atoms with Crippen molar-refractivity contribution in [3.05, 3.63) is 58.4 Å². The van der Waals surface area contributed by atoms with Gasteiger partial charge < -0.3 is 14.6 Å². The van der Waals surface area contributed by atoms with Crippen molar-refractivity contribution in [2.75, 3.05) is 11.9 Å². The molecule has 1 N–H and O–H groups in total. The van der Waals surface area contributed by atoms with Crippen LogP contribution in [0.1, 0.15) is 35.4 Å². The van der Waals surface area contributed by atoms with E-state index in [1.165, 1.54) is 0 Å². The van der Waals surface area contributed by atoms with Crippen LogP contribution >= 0.6 is 0 Å². The van der Waals surface area contributed by atoms with Crippen LogP contribution in [0, 0.1) is 36.5 Å². The summed E-state index contributed by atoms with van der Waals surface area (Å²) in [6.07, 6.45) is 3.96. The van der Waals surface area contributed by atoms with Gasteiger partial charge in [0.1, 0.15) is 11.6 Å². The molecule has 1 aliphatic rings. The zero-order valence-electron chi connectivity index (χ0n) is 16.0. The van der Waals surface area contributed by atoms with Gasteiger partial charge in [0.25, 0.3) is 5.91 Å². The normalized spacial score (nSPS) is 16.4. The highest BCUT2D eigenvalue weighted by Gasteiger charge is 2.19. The number of nitrogens with zero attached hydrogens (tertiary/aromatic N) is 3. The molecule has 2 heterocycles. The molecule has 1 fully saturated rings. The largest absolute Gasteiger partial charge is 0.376 e. The van der Waals surface area contributed by atoms with Gasteiger partial charge in [0.15, 0.2) is 0 Å². The lowest BCUT2D eigenvalue weighted by atomic mass is 10.1. The van der Waals surface area contributed by atoms with E-state index in [4.69, 9.17) is 10.00 Å². The van der Waals surface area contributed by atoms with Crippen LogP contribution in [0.3, 0.4) is 0 Å². The van der Waals surface area contributed by atoms with Crippen LogP contribution in [0.2, 0.25) is 0 Å². The van der Waals surface area contributed by atoms with E-state index in [0.29, 0.717) is 11.3 Å². The maximum Gasteiger partial charge on any atom is 0.266 e. The minimum atomic E-state index is -0.499. The minimum absolute atomic E-state index is 0.0136. The molecule has 2 aromatic rings. The van der Waals surface area contributed by atoms with Crippen LogP contribution in [0.15, 0.2) is 35.9 Å². The molecule has 142 valence electrons. The van der Waals surface area contributed by atoms with Gasteiger partial charge in [0.2, 0.25) is 0 Å². The van der Waals surface area contributed by atoms with Crippen LogP contribution in [-0.4, -0.2) is 23.2 Å². The number of nitriles is 2. The quantitative estimate of drug-likeness (QED) is 0.638. The van der Waals surface area contributed by atoms with Crippen LogP contribution in [-0.2, 0) is 16.1 Å². The third kappa shape index (κ3) is 4.31. The fourth-order valence-corrected chi connectivity index (χ4v) is 3.42. The third-order valence-corrected chi connectivity index (χ3v) is 4.94. The summed E-state index contributed by atoms with van der Waals surface area (Å²) in [5.41, 5.74) is 3.85. The zero-order chi connectivity index (χ0) is 20.1. The molecular formula is C22H22N4O2. The predicted molar refractivity (Wildman–Crippen MR) is 106 cm³/mol. The van der Waals surface area contributed by atoms with Gasteiger partial charge in [-0.15, -0.1) is 0 Å². The average molecular weight is 374 g/mol. The standard InChI is InChI=1S/C22H22N4O2/c1-15-9-18(16(2)26(15)14-21-7-4-8-28-21)11-19(13-24)22(27)25-20-6-3-5-17(10-20)12-23/h3,5-6,9-11,21H,4,7-8,14H2,1-2H3,(H,25,27)/b19-11+. The molecule has 28 heavy (non-hydrogen) atoms. The highest BCUT2D eigenvalue weighted by Crippen LogP contribution is 2.22. The van der Waals surface area contributed by atoms with Crippen molar-refractivity contribution < 1.29 is 9.53 Å². The Balaban J connectivity index is 1.81. The van der Waals surface area contributed by atoms with E-state index in [1.54, 1.807) is 30.3 Å². The average Bonchev–Trinajstić information content (AvgIpc) is 3.30. The van der Waals surface area contributed by atoms with E-state index in [9.17, 15) is 10.1 Å². The van der Waals surface area contributed by atoms with Crippen LogP contribution in [0.25, 0.3) is 6.08 Å². The minimum Gasteiger partial charge on any atom is -0.376 e. The third-order valence-electron chi connectivity index (χ3n) is 4.94. The van der Waals surface area contributed by atoms with Crippen molar-refractivity contribution in [3.8, 4) is 12.1 Å². The van der Waals surface area contributed by atoms with E-state index in [2.05, 4.69) is 9.88 Å². The number of hydrogen-bond donors (Lipinski definition) is 1. The Hall–Kier alpha value is -3.35. The van der Waals surface area contributed by atoms with Crippen molar-refractivity contribution >= 4 is 17.7 Å². The van der Waals surface area contributed by atoms with Gasteiger partial charge in [-0.05, 0) is 62.6 Å². The summed E-state index contributed by atoms with van der Waals surface area (Å²) in [5.74, 6) is -0.499. The van der Waals surface area contributed by atoms with Gasteiger partial charge in [-0.1, -0.05) is 6.07 Å². The molecule has 0 aliphatic carbocycles. The van der Waals surface area contributed by atoms with E-state index in [0.717, 1.165) is 42.9 Å². The van der Waals surface area contributed by atoms with Crippen molar-refractivity contribution in [3.63, 3.8) is 0 Å². The molecule has 1 aromatic heterocycles. The van der Waals surface area contributed by atoms with Gasteiger partial charge in [-0.2, -0.15) is 10.5 Å². The second kappa shape index (κ2) is 8.56. The number of nitrogens with one attached hydrogen (secondary N) is 1. The van der Waals surface area contributed by atoms with Gasteiger partial charge in [0.05, 0.1) is 17.7 Å². The highest BCUT2D eigenvalue weighted by molar-refractivity contribution is 6.09. The number of carbonyl (C=O) groups is 1. The van der Waals surface area contributed by atoms with Gasteiger partial charge in [0, 0.05) is 30.2 Å². The maximum atomic E-state index is 12.5. The Labute approximate surface area is 164 Å². The van der Waals surface area contributed by atoms with Crippen LogP contribution in [0.5, 0.6) is 0 Å². The van der Waals surface area contributed by atoms with Gasteiger partial charge >= 0.3 is 0 Å². The number of rotatable bonds is 5. The number of hydrogen-bond acceptors (Lipinski definition) is 4. The molecule has 6 heteroatoms. The fraction of sp³-hybridized carbons (Fsp3) is 0.318. The van der Waals surface area contributed by atoms with Crippen molar-refractivity contribution in [2.24, 2.45) is 0 Å². The Morgan fingerprint density at radius 2 is 2.18 bits per heavy atom. The summed E-state index contributed by atoms with van der Waals surface area (Å²) in [6.45, 7) is 5.58. The summed E-state index contributed by atoms with van der Waals surface area (Å²) in [7, 11) is 0. The predicted octanol–water partition coefficient (Wildman–Crippen LogP) is 3.70. The van der Waals surface area contributed by atoms with E-state index < -0.39 is 5.91 Å². The first-order chi connectivity index (χ1) is 13.5. The number of anilines is 1. The lowest BCUT2D eigenvalue weighted by Crippen LogP contribution is -2.17. The lowest BCUT2D eigenvalue weighted by molar-refractivity contribution is -0.112.